The smallest absolute Gasteiger partial charge is 0.276 e. The van der Waals surface area contributed by atoms with Crippen LogP contribution >= 0.6 is 0 Å². The van der Waals surface area contributed by atoms with Gasteiger partial charge in [-0.2, -0.15) is 0 Å². The van der Waals surface area contributed by atoms with Crippen molar-refractivity contribution in [2.75, 3.05) is 0 Å². The molecule has 1 aromatic carbocycles. The molecule has 3 rings (SSSR count). The SMILES string of the molecule is O=c1[nH]c2nonc2nc1-c1cccc([N+](=O)[O-])c1. The molecule has 9 heteroatoms. The molecule has 0 unspecified atom stereocenters. The first-order valence-electron chi connectivity index (χ1n) is 5.12. The van der Waals surface area contributed by atoms with Gasteiger partial charge < -0.3 is 0 Å². The van der Waals surface area contributed by atoms with Gasteiger partial charge in [0.15, 0.2) is 0 Å². The maximum atomic E-state index is 11.8. The lowest BCUT2D eigenvalue weighted by Crippen LogP contribution is -2.11. The number of aromatic amines is 1. The molecule has 0 saturated carbocycles. The summed E-state index contributed by atoms with van der Waals surface area (Å²) in [5.41, 5.74) is -0.0618. The van der Waals surface area contributed by atoms with Crippen LogP contribution in [0.15, 0.2) is 33.7 Å². The van der Waals surface area contributed by atoms with Gasteiger partial charge in [-0.25, -0.2) is 9.61 Å². The van der Waals surface area contributed by atoms with E-state index in [0.29, 0.717) is 5.56 Å². The van der Waals surface area contributed by atoms with Crippen LogP contribution < -0.4 is 5.56 Å². The first kappa shape index (κ1) is 11.0. The van der Waals surface area contributed by atoms with Crippen molar-refractivity contribution >= 4 is 17.0 Å². The highest BCUT2D eigenvalue weighted by Crippen LogP contribution is 2.20. The summed E-state index contributed by atoms with van der Waals surface area (Å²) in [5, 5.41) is 17.7. The van der Waals surface area contributed by atoms with Gasteiger partial charge in [0, 0.05) is 17.7 Å². The molecule has 9 nitrogen and oxygen atoms in total. The van der Waals surface area contributed by atoms with Crippen molar-refractivity contribution in [1.82, 2.24) is 20.3 Å². The minimum atomic E-state index is -0.548. The number of nitro groups is 1. The average molecular weight is 259 g/mol. The second kappa shape index (κ2) is 3.98. The highest BCUT2D eigenvalue weighted by Gasteiger charge is 2.13. The Hall–Kier alpha value is -3.10. The number of nitrogens with one attached hydrogen (secondary N) is 1. The maximum Gasteiger partial charge on any atom is 0.276 e. The van der Waals surface area contributed by atoms with Gasteiger partial charge in [0.25, 0.3) is 11.2 Å². The van der Waals surface area contributed by atoms with Crippen molar-refractivity contribution < 1.29 is 9.55 Å². The number of fused-ring (bicyclic) bond motifs is 1. The van der Waals surface area contributed by atoms with Gasteiger partial charge in [0.05, 0.1) is 4.92 Å². The average Bonchev–Trinajstić information content (AvgIpc) is 2.85. The van der Waals surface area contributed by atoms with Gasteiger partial charge in [-0.05, 0) is 10.3 Å². The summed E-state index contributed by atoms with van der Waals surface area (Å²) in [6.07, 6.45) is 0. The third kappa shape index (κ3) is 1.82. The molecule has 0 bridgehead atoms. The standard InChI is InChI=1S/C10H5N5O4/c16-10-7(11-8-9(12-10)14-19-13-8)5-2-1-3-6(4-5)15(17)18/h1-4H,(H,12,14,16). The third-order valence-electron chi connectivity index (χ3n) is 2.47. The summed E-state index contributed by atoms with van der Waals surface area (Å²) in [6.45, 7) is 0. The first-order valence-corrected chi connectivity index (χ1v) is 5.12. The fourth-order valence-corrected chi connectivity index (χ4v) is 1.62. The fourth-order valence-electron chi connectivity index (χ4n) is 1.62. The number of rotatable bonds is 2. The summed E-state index contributed by atoms with van der Waals surface area (Å²) in [6, 6.07) is 5.61. The van der Waals surface area contributed by atoms with Gasteiger partial charge in [0.2, 0.25) is 11.3 Å². The van der Waals surface area contributed by atoms with Crippen LogP contribution in [0.1, 0.15) is 0 Å². The van der Waals surface area contributed by atoms with E-state index in [1.807, 2.05) is 0 Å². The number of nitrogens with zero attached hydrogens (tertiary/aromatic N) is 4. The van der Waals surface area contributed by atoms with Gasteiger partial charge in [-0.15, -0.1) is 0 Å². The summed E-state index contributed by atoms with van der Waals surface area (Å²) in [5.74, 6) is 0. The molecule has 19 heavy (non-hydrogen) atoms. The lowest BCUT2D eigenvalue weighted by atomic mass is 10.1. The van der Waals surface area contributed by atoms with Crippen molar-refractivity contribution in [3.05, 3.63) is 44.7 Å². The fraction of sp³-hybridized carbons (Fsp3) is 0. The molecule has 0 amide bonds. The lowest BCUT2D eigenvalue weighted by Gasteiger charge is -1.98. The van der Waals surface area contributed by atoms with Crippen molar-refractivity contribution in [3.8, 4) is 11.3 Å². The maximum absolute atomic E-state index is 11.8. The Morgan fingerprint density at radius 1 is 1.32 bits per heavy atom. The van der Waals surface area contributed by atoms with Crippen molar-refractivity contribution in [2.45, 2.75) is 0 Å². The molecule has 0 spiro atoms. The minimum Gasteiger partial charge on any atom is -0.299 e. The number of aromatic nitrogens is 4. The Morgan fingerprint density at radius 3 is 2.95 bits per heavy atom. The monoisotopic (exact) mass is 259 g/mol. The van der Waals surface area contributed by atoms with E-state index >= 15 is 0 Å². The second-order valence-electron chi connectivity index (χ2n) is 3.66. The number of H-pyrrole nitrogens is 1. The van der Waals surface area contributed by atoms with Crippen molar-refractivity contribution in [3.63, 3.8) is 0 Å². The van der Waals surface area contributed by atoms with Gasteiger partial charge in [0.1, 0.15) is 5.69 Å². The predicted octanol–water partition coefficient (Wildman–Crippen LogP) is 0.881. The lowest BCUT2D eigenvalue weighted by molar-refractivity contribution is -0.384. The number of hydrogen-bond donors (Lipinski definition) is 1. The normalized spacial score (nSPS) is 10.7. The Balaban J connectivity index is 2.23. The van der Waals surface area contributed by atoms with Crippen LogP contribution in [-0.2, 0) is 0 Å². The molecule has 0 aliphatic rings. The Kier molecular flexibility index (Phi) is 2.31. The van der Waals surface area contributed by atoms with E-state index in [1.165, 1.54) is 18.2 Å². The van der Waals surface area contributed by atoms with Crippen LogP contribution in [0.2, 0.25) is 0 Å². The van der Waals surface area contributed by atoms with Gasteiger partial charge in [-0.1, -0.05) is 12.1 Å². The molecular formula is C10H5N5O4. The van der Waals surface area contributed by atoms with Gasteiger partial charge in [-0.3, -0.25) is 19.9 Å². The van der Waals surface area contributed by atoms with Crippen LogP contribution in [0.25, 0.3) is 22.6 Å². The molecule has 0 radical (unpaired) electrons. The van der Waals surface area contributed by atoms with E-state index in [0.717, 1.165) is 0 Å². The molecule has 1 N–H and O–H groups in total. The minimum absolute atomic E-state index is 0.0203. The molecule has 0 fully saturated rings. The highest BCUT2D eigenvalue weighted by molar-refractivity contribution is 5.69. The molecular weight excluding hydrogens is 254 g/mol. The molecule has 0 saturated heterocycles. The second-order valence-corrected chi connectivity index (χ2v) is 3.66. The number of nitro benzene ring substituents is 1. The van der Waals surface area contributed by atoms with E-state index < -0.39 is 10.5 Å². The van der Waals surface area contributed by atoms with E-state index in [4.69, 9.17) is 0 Å². The number of benzene rings is 1. The summed E-state index contributed by atoms with van der Waals surface area (Å²) < 4.78 is 4.43. The molecule has 2 heterocycles. The van der Waals surface area contributed by atoms with E-state index in [2.05, 4.69) is 24.9 Å². The third-order valence-corrected chi connectivity index (χ3v) is 2.47. The van der Waals surface area contributed by atoms with Gasteiger partial charge >= 0.3 is 0 Å². The Morgan fingerprint density at radius 2 is 2.16 bits per heavy atom. The Bertz CT molecular complexity index is 837. The molecule has 0 aliphatic heterocycles. The van der Waals surface area contributed by atoms with Crippen LogP contribution in [-0.4, -0.2) is 25.2 Å². The summed E-state index contributed by atoms with van der Waals surface area (Å²) in [4.78, 5) is 28.4. The van der Waals surface area contributed by atoms with Crippen LogP contribution in [0.3, 0.4) is 0 Å². The molecule has 94 valence electrons. The zero-order chi connectivity index (χ0) is 13.4. The molecule has 3 aromatic rings. The molecule has 2 aromatic heterocycles. The zero-order valence-corrected chi connectivity index (χ0v) is 9.23. The van der Waals surface area contributed by atoms with Crippen LogP contribution in [0.4, 0.5) is 5.69 Å². The van der Waals surface area contributed by atoms with Crippen molar-refractivity contribution in [1.29, 1.82) is 0 Å². The Labute approximate surface area is 104 Å². The van der Waals surface area contributed by atoms with E-state index in [9.17, 15) is 14.9 Å². The quantitative estimate of drug-likeness (QED) is 0.534. The molecule has 0 atom stereocenters. The van der Waals surface area contributed by atoms with Crippen LogP contribution in [0.5, 0.6) is 0 Å². The molecule has 0 aliphatic carbocycles. The van der Waals surface area contributed by atoms with E-state index in [-0.39, 0.29) is 22.7 Å². The number of hydrogen-bond acceptors (Lipinski definition) is 7. The topological polar surface area (TPSA) is 128 Å². The summed E-state index contributed by atoms with van der Waals surface area (Å²) in [7, 11) is 0. The first-order chi connectivity index (χ1) is 9.15. The predicted molar refractivity (Wildman–Crippen MR) is 62.3 cm³/mol. The number of non-ortho nitro benzene ring substituents is 1. The van der Waals surface area contributed by atoms with Crippen molar-refractivity contribution in [2.24, 2.45) is 0 Å². The summed E-state index contributed by atoms with van der Waals surface area (Å²) >= 11 is 0. The zero-order valence-electron chi connectivity index (χ0n) is 9.23. The van der Waals surface area contributed by atoms with E-state index in [1.54, 1.807) is 6.07 Å². The highest BCUT2D eigenvalue weighted by atomic mass is 16.6. The largest absolute Gasteiger partial charge is 0.299 e. The van der Waals surface area contributed by atoms with Crippen LogP contribution in [0, 0.1) is 10.1 Å².